The Hall–Kier alpha value is -0.825. The molecule has 1 saturated heterocycles. The standard InChI is InChI=1S/C10H10BFO/c1-2-10(9(11)13-10)7-4-3-5-8(12)6-7/h3-6,9H,2H2,1H3. The molecule has 0 saturated carbocycles. The fourth-order valence-corrected chi connectivity index (χ4v) is 1.67. The van der Waals surface area contributed by atoms with Crippen LogP contribution < -0.4 is 0 Å². The first-order chi connectivity index (χ1) is 6.19. The summed E-state index contributed by atoms with van der Waals surface area (Å²) in [6.07, 6.45) is 0.775. The van der Waals surface area contributed by atoms with E-state index in [1.807, 2.05) is 13.0 Å². The van der Waals surface area contributed by atoms with Crippen molar-refractivity contribution >= 4 is 7.85 Å². The Bertz CT molecular complexity index is 324. The fraction of sp³-hybridized carbons (Fsp3) is 0.400. The van der Waals surface area contributed by atoms with E-state index in [1.54, 1.807) is 6.07 Å². The molecule has 0 aliphatic carbocycles. The first kappa shape index (κ1) is 8.76. The molecular weight excluding hydrogens is 166 g/mol. The summed E-state index contributed by atoms with van der Waals surface area (Å²) in [6.45, 7) is 1.98. The Morgan fingerprint density at radius 2 is 2.31 bits per heavy atom. The van der Waals surface area contributed by atoms with Gasteiger partial charge in [-0.05, 0) is 24.1 Å². The lowest BCUT2D eigenvalue weighted by Crippen LogP contribution is -2.11. The van der Waals surface area contributed by atoms with Crippen LogP contribution in [0.1, 0.15) is 18.9 Å². The molecule has 2 rings (SSSR count). The first-order valence-corrected chi connectivity index (χ1v) is 4.38. The summed E-state index contributed by atoms with van der Waals surface area (Å²) in [7, 11) is 5.65. The normalized spacial score (nSPS) is 31.7. The van der Waals surface area contributed by atoms with Gasteiger partial charge in [-0.1, -0.05) is 19.1 Å². The monoisotopic (exact) mass is 176 g/mol. The highest BCUT2D eigenvalue weighted by molar-refractivity contribution is 6.13. The van der Waals surface area contributed by atoms with Gasteiger partial charge in [-0.3, -0.25) is 0 Å². The third-order valence-corrected chi connectivity index (χ3v) is 2.58. The van der Waals surface area contributed by atoms with Gasteiger partial charge < -0.3 is 4.74 Å². The molecule has 2 unspecified atom stereocenters. The van der Waals surface area contributed by atoms with Crippen molar-refractivity contribution in [1.82, 2.24) is 0 Å². The number of hydrogen-bond donors (Lipinski definition) is 0. The van der Waals surface area contributed by atoms with Crippen molar-refractivity contribution in [3.8, 4) is 0 Å². The second kappa shape index (κ2) is 2.84. The summed E-state index contributed by atoms with van der Waals surface area (Å²) < 4.78 is 18.2. The lowest BCUT2D eigenvalue weighted by molar-refractivity contribution is 0.297. The smallest absolute Gasteiger partial charge is 0.123 e. The van der Waals surface area contributed by atoms with Crippen molar-refractivity contribution in [2.24, 2.45) is 0 Å². The molecule has 3 heteroatoms. The van der Waals surface area contributed by atoms with Gasteiger partial charge >= 0.3 is 0 Å². The Balaban J connectivity index is 2.35. The van der Waals surface area contributed by atoms with Gasteiger partial charge in [0.2, 0.25) is 0 Å². The van der Waals surface area contributed by atoms with E-state index in [0.29, 0.717) is 0 Å². The molecule has 0 aromatic heterocycles. The zero-order chi connectivity index (χ0) is 9.47. The highest BCUT2D eigenvalue weighted by Crippen LogP contribution is 2.47. The Morgan fingerprint density at radius 3 is 2.77 bits per heavy atom. The third kappa shape index (κ3) is 1.27. The van der Waals surface area contributed by atoms with Gasteiger partial charge in [0.05, 0.1) is 6.00 Å². The molecule has 0 N–H and O–H groups in total. The van der Waals surface area contributed by atoms with Gasteiger partial charge in [-0.15, -0.1) is 0 Å². The summed E-state index contributed by atoms with van der Waals surface area (Å²) in [6, 6.07) is 6.15. The number of epoxide rings is 1. The summed E-state index contributed by atoms with van der Waals surface area (Å²) in [5.74, 6) is -0.243. The number of hydrogen-bond acceptors (Lipinski definition) is 1. The molecule has 1 aromatic rings. The SMILES string of the molecule is [B]C1OC1(CC)c1cccc(F)c1. The van der Waals surface area contributed by atoms with Crippen LogP contribution >= 0.6 is 0 Å². The van der Waals surface area contributed by atoms with Gasteiger partial charge in [0.1, 0.15) is 19.3 Å². The molecule has 0 amide bonds. The van der Waals surface area contributed by atoms with Crippen molar-refractivity contribution in [3.63, 3.8) is 0 Å². The highest BCUT2D eigenvalue weighted by atomic mass is 19.1. The van der Waals surface area contributed by atoms with Crippen LogP contribution in [0.3, 0.4) is 0 Å². The van der Waals surface area contributed by atoms with Crippen LogP contribution in [-0.2, 0) is 10.3 Å². The molecule has 2 radical (unpaired) electrons. The Kier molecular flexibility index (Phi) is 1.92. The van der Waals surface area contributed by atoms with E-state index in [-0.39, 0.29) is 11.8 Å². The van der Waals surface area contributed by atoms with Gasteiger partial charge in [0.15, 0.2) is 0 Å². The first-order valence-electron chi connectivity index (χ1n) is 4.38. The number of rotatable bonds is 2. The average Bonchev–Trinajstić information content (AvgIpc) is 2.78. The molecular formula is C10H10BFO. The zero-order valence-electron chi connectivity index (χ0n) is 7.46. The lowest BCUT2D eigenvalue weighted by Gasteiger charge is -2.09. The summed E-state index contributed by atoms with van der Waals surface area (Å²) in [5, 5.41) is 0. The van der Waals surface area contributed by atoms with E-state index in [9.17, 15) is 4.39 Å². The van der Waals surface area contributed by atoms with Crippen LogP contribution in [0.5, 0.6) is 0 Å². The van der Waals surface area contributed by atoms with Crippen LogP contribution in [0.25, 0.3) is 0 Å². The molecule has 1 aliphatic rings. The largest absolute Gasteiger partial charge is 0.372 e. The van der Waals surface area contributed by atoms with Crippen molar-refractivity contribution in [1.29, 1.82) is 0 Å². The van der Waals surface area contributed by atoms with Crippen LogP contribution in [0.4, 0.5) is 4.39 Å². The minimum absolute atomic E-state index is 0.243. The fourth-order valence-electron chi connectivity index (χ4n) is 1.67. The van der Waals surface area contributed by atoms with E-state index in [2.05, 4.69) is 0 Å². The van der Waals surface area contributed by atoms with Gasteiger partial charge in [-0.2, -0.15) is 0 Å². The second-order valence-corrected chi connectivity index (χ2v) is 3.29. The molecule has 2 atom stereocenters. The Labute approximate surface area is 78.3 Å². The maximum Gasteiger partial charge on any atom is 0.123 e. The molecule has 0 spiro atoms. The molecule has 13 heavy (non-hydrogen) atoms. The van der Waals surface area contributed by atoms with Gasteiger partial charge in [0.25, 0.3) is 0 Å². The molecule has 1 nitrogen and oxygen atoms in total. The zero-order valence-corrected chi connectivity index (χ0v) is 7.46. The minimum atomic E-state index is -0.428. The predicted molar refractivity (Wildman–Crippen MR) is 49.0 cm³/mol. The van der Waals surface area contributed by atoms with Crippen LogP contribution in [-0.4, -0.2) is 13.8 Å². The summed E-state index contributed by atoms with van der Waals surface area (Å²) in [5.41, 5.74) is 0.407. The third-order valence-electron chi connectivity index (χ3n) is 2.58. The van der Waals surface area contributed by atoms with E-state index < -0.39 is 5.60 Å². The predicted octanol–water partition coefficient (Wildman–Crippen LogP) is 1.96. The second-order valence-electron chi connectivity index (χ2n) is 3.29. The van der Waals surface area contributed by atoms with Gasteiger partial charge in [-0.25, -0.2) is 4.39 Å². The lowest BCUT2D eigenvalue weighted by atomic mass is 9.84. The van der Waals surface area contributed by atoms with Crippen molar-refractivity contribution in [3.05, 3.63) is 35.6 Å². The molecule has 1 aromatic carbocycles. The Morgan fingerprint density at radius 1 is 1.62 bits per heavy atom. The molecule has 0 bridgehead atoms. The van der Waals surface area contributed by atoms with Crippen LogP contribution in [0, 0.1) is 5.82 Å². The number of ether oxygens (including phenoxy) is 1. The van der Waals surface area contributed by atoms with Crippen LogP contribution in [0.2, 0.25) is 0 Å². The summed E-state index contributed by atoms with van der Waals surface area (Å²) >= 11 is 0. The van der Waals surface area contributed by atoms with Crippen molar-refractivity contribution in [2.45, 2.75) is 24.9 Å². The van der Waals surface area contributed by atoms with E-state index in [4.69, 9.17) is 12.6 Å². The van der Waals surface area contributed by atoms with E-state index >= 15 is 0 Å². The molecule has 1 heterocycles. The maximum atomic E-state index is 12.9. The van der Waals surface area contributed by atoms with Gasteiger partial charge in [0, 0.05) is 0 Å². The highest BCUT2D eigenvalue weighted by Gasteiger charge is 2.52. The number of benzene rings is 1. The topological polar surface area (TPSA) is 12.5 Å². The van der Waals surface area contributed by atoms with E-state index in [1.165, 1.54) is 12.1 Å². The minimum Gasteiger partial charge on any atom is -0.372 e. The molecule has 66 valence electrons. The van der Waals surface area contributed by atoms with Crippen molar-refractivity contribution < 1.29 is 9.13 Å². The van der Waals surface area contributed by atoms with Crippen LogP contribution in [0.15, 0.2) is 24.3 Å². The average molecular weight is 176 g/mol. The number of halogens is 1. The molecule has 1 aliphatic heterocycles. The molecule has 1 fully saturated rings. The maximum absolute atomic E-state index is 12.9. The summed E-state index contributed by atoms with van der Waals surface area (Å²) in [4.78, 5) is 0. The quantitative estimate of drug-likeness (QED) is 0.495. The van der Waals surface area contributed by atoms with E-state index in [0.717, 1.165) is 12.0 Å². The van der Waals surface area contributed by atoms with Crippen molar-refractivity contribution in [2.75, 3.05) is 0 Å².